The number of thiophene rings is 1. The van der Waals surface area contributed by atoms with Crippen LogP contribution in [0.5, 0.6) is 0 Å². The number of rotatable bonds is 6. The minimum absolute atomic E-state index is 0.174. The molecule has 5 heterocycles. The third-order valence-electron chi connectivity index (χ3n) is 7.47. The molecule has 2 aliphatic rings. The number of likely N-dealkylation sites (N-methyl/N-ethyl adjacent to an activating group) is 1. The molecule has 1 aliphatic carbocycles. The quantitative estimate of drug-likeness (QED) is 0.301. The molecule has 7 nitrogen and oxygen atoms in total. The molecule has 192 valence electrons. The van der Waals surface area contributed by atoms with E-state index in [1.54, 1.807) is 6.20 Å². The first-order valence-corrected chi connectivity index (χ1v) is 14.1. The van der Waals surface area contributed by atoms with Crippen molar-refractivity contribution >= 4 is 50.6 Å². The van der Waals surface area contributed by atoms with Gasteiger partial charge < -0.3 is 15.1 Å². The zero-order chi connectivity index (χ0) is 25.4. The molecule has 1 N–H and O–H groups in total. The summed E-state index contributed by atoms with van der Waals surface area (Å²) in [5.74, 6) is 0.855. The molecule has 4 aromatic rings. The summed E-state index contributed by atoms with van der Waals surface area (Å²) in [5.41, 5.74) is 3.24. The number of hydrogen-bond donors (Lipinski definition) is 1. The molecule has 0 atom stereocenters. The summed E-state index contributed by atoms with van der Waals surface area (Å²) in [4.78, 5) is 23.1. The Kier molecular flexibility index (Phi) is 6.92. The fourth-order valence-corrected chi connectivity index (χ4v) is 7.00. The highest BCUT2D eigenvalue weighted by molar-refractivity contribution is 7.23. The van der Waals surface area contributed by atoms with Crippen molar-refractivity contribution in [1.29, 1.82) is 0 Å². The molecule has 4 aromatic heterocycles. The zero-order valence-electron chi connectivity index (χ0n) is 20.8. The Balaban J connectivity index is 1.25. The van der Waals surface area contributed by atoms with E-state index in [4.69, 9.17) is 11.6 Å². The zero-order valence-corrected chi connectivity index (χ0v) is 22.3. The number of nitrogens with one attached hydrogen (secondary N) is 1. The van der Waals surface area contributed by atoms with Crippen LogP contribution in [0.25, 0.3) is 20.8 Å². The largest absolute Gasteiger partial charge is 0.368 e. The molecule has 1 aliphatic heterocycles. The van der Waals surface area contributed by atoms with E-state index in [0.29, 0.717) is 21.6 Å². The van der Waals surface area contributed by atoms with Gasteiger partial charge in [0.05, 0.1) is 32.7 Å². The van der Waals surface area contributed by atoms with Gasteiger partial charge in [0.15, 0.2) is 5.82 Å². The monoisotopic (exact) mass is 537 g/mol. The maximum atomic E-state index is 15.0. The van der Waals surface area contributed by atoms with Crippen LogP contribution < -0.4 is 10.2 Å². The first-order valence-electron chi connectivity index (χ1n) is 12.9. The van der Waals surface area contributed by atoms with Gasteiger partial charge in [0, 0.05) is 32.4 Å². The first kappa shape index (κ1) is 24.5. The maximum Gasteiger partial charge on any atom is 0.229 e. The highest BCUT2D eigenvalue weighted by Gasteiger charge is 2.25. The Labute approximate surface area is 224 Å². The van der Waals surface area contributed by atoms with Gasteiger partial charge in [-0.2, -0.15) is 0 Å². The molecule has 10 heteroatoms. The molecule has 0 spiro atoms. The Morgan fingerprint density at radius 1 is 1.05 bits per heavy atom. The average Bonchev–Trinajstić information content (AvgIpc) is 3.59. The van der Waals surface area contributed by atoms with Crippen molar-refractivity contribution in [1.82, 2.24) is 24.8 Å². The number of aromatic nitrogens is 4. The molecule has 6 rings (SSSR count). The lowest BCUT2D eigenvalue weighted by atomic mass is 9.98. The molecular formula is C27H29ClFN7S. The predicted octanol–water partition coefficient (Wildman–Crippen LogP) is 6.48. The number of fused-ring (bicyclic) bond motifs is 1. The Morgan fingerprint density at radius 2 is 1.86 bits per heavy atom. The molecule has 37 heavy (non-hydrogen) atoms. The summed E-state index contributed by atoms with van der Waals surface area (Å²) < 4.78 is 16.0. The van der Waals surface area contributed by atoms with Crippen molar-refractivity contribution in [3.63, 3.8) is 0 Å². The lowest BCUT2D eigenvalue weighted by Crippen LogP contribution is -2.46. The van der Waals surface area contributed by atoms with Gasteiger partial charge in [-0.3, -0.25) is 4.98 Å². The van der Waals surface area contributed by atoms with Crippen LogP contribution in [0.15, 0.2) is 36.8 Å². The third-order valence-corrected chi connectivity index (χ3v) is 9.19. The van der Waals surface area contributed by atoms with E-state index >= 15 is 0 Å². The molecular weight excluding hydrogens is 509 g/mol. The van der Waals surface area contributed by atoms with Crippen molar-refractivity contribution in [3.05, 3.63) is 53.2 Å². The number of anilines is 3. The van der Waals surface area contributed by atoms with Gasteiger partial charge in [-0.05, 0) is 49.1 Å². The van der Waals surface area contributed by atoms with Gasteiger partial charge in [-0.1, -0.05) is 31.4 Å². The van der Waals surface area contributed by atoms with Gasteiger partial charge >= 0.3 is 0 Å². The van der Waals surface area contributed by atoms with Gasteiger partial charge in [-0.25, -0.2) is 19.3 Å². The second-order valence-electron chi connectivity index (χ2n) is 9.64. The lowest BCUT2D eigenvalue weighted by Gasteiger charge is -2.35. The van der Waals surface area contributed by atoms with Crippen LogP contribution in [-0.4, -0.2) is 57.6 Å². The van der Waals surface area contributed by atoms with Gasteiger partial charge in [-0.15, -0.1) is 11.3 Å². The molecule has 2 fully saturated rings. The summed E-state index contributed by atoms with van der Waals surface area (Å²) in [7, 11) is 0. The van der Waals surface area contributed by atoms with Crippen LogP contribution in [0, 0.1) is 5.82 Å². The van der Waals surface area contributed by atoms with Crippen molar-refractivity contribution in [2.24, 2.45) is 0 Å². The highest BCUT2D eigenvalue weighted by Crippen LogP contribution is 2.46. The summed E-state index contributed by atoms with van der Waals surface area (Å²) in [6.45, 7) is 7.36. The van der Waals surface area contributed by atoms with Gasteiger partial charge in [0.1, 0.15) is 17.0 Å². The van der Waals surface area contributed by atoms with Crippen LogP contribution in [0.3, 0.4) is 0 Å². The molecule has 1 saturated heterocycles. The summed E-state index contributed by atoms with van der Waals surface area (Å²) in [6.07, 6.45) is 9.65. The molecule has 0 amide bonds. The van der Waals surface area contributed by atoms with Gasteiger partial charge in [0.2, 0.25) is 5.95 Å². The summed E-state index contributed by atoms with van der Waals surface area (Å²) >= 11 is 8.21. The smallest absolute Gasteiger partial charge is 0.229 e. The van der Waals surface area contributed by atoms with Crippen LogP contribution in [0.1, 0.15) is 44.1 Å². The van der Waals surface area contributed by atoms with E-state index in [2.05, 4.69) is 48.0 Å². The number of halogens is 2. The third kappa shape index (κ3) is 4.87. The minimum atomic E-state index is -0.518. The van der Waals surface area contributed by atoms with Crippen molar-refractivity contribution in [3.8, 4) is 10.6 Å². The van der Waals surface area contributed by atoms with E-state index in [0.717, 1.165) is 48.6 Å². The van der Waals surface area contributed by atoms with Crippen LogP contribution in [0.2, 0.25) is 5.02 Å². The second-order valence-corrected chi connectivity index (χ2v) is 11.0. The van der Waals surface area contributed by atoms with E-state index in [1.165, 1.54) is 48.8 Å². The second kappa shape index (κ2) is 10.5. The Bertz CT molecular complexity index is 1400. The first-order chi connectivity index (χ1) is 18.1. The Hall–Kier alpha value is -2.88. The minimum Gasteiger partial charge on any atom is -0.368 e. The molecule has 0 radical (unpaired) electrons. The van der Waals surface area contributed by atoms with Crippen LogP contribution >= 0.6 is 22.9 Å². The van der Waals surface area contributed by atoms with Crippen molar-refractivity contribution in [2.45, 2.75) is 38.5 Å². The van der Waals surface area contributed by atoms with E-state index in [-0.39, 0.29) is 11.6 Å². The van der Waals surface area contributed by atoms with E-state index in [9.17, 15) is 4.39 Å². The van der Waals surface area contributed by atoms with Crippen LogP contribution in [-0.2, 0) is 0 Å². The highest BCUT2D eigenvalue weighted by atomic mass is 35.5. The number of nitrogens with zero attached hydrogens (tertiary/aromatic N) is 6. The summed E-state index contributed by atoms with van der Waals surface area (Å²) in [6, 6.07) is 6.02. The van der Waals surface area contributed by atoms with Crippen molar-refractivity contribution < 1.29 is 4.39 Å². The molecule has 0 aromatic carbocycles. The van der Waals surface area contributed by atoms with E-state index < -0.39 is 5.82 Å². The summed E-state index contributed by atoms with van der Waals surface area (Å²) in [5, 5.41) is 3.56. The van der Waals surface area contributed by atoms with Crippen molar-refractivity contribution in [2.75, 3.05) is 42.9 Å². The van der Waals surface area contributed by atoms with Crippen LogP contribution in [0.4, 0.5) is 21.8 Å². The van der Waals surface area contributed by atoms with Gasteiger partial charge in [0.25, 0.3) is 0 Å². The standard InChI is InChI=1S/C27H29ClFN7S/c1-2-35-11-13-36(14-12-35)18-7-8-21(31-15-18)33-27-32-16-20(29)23(34-27)26-22(28)24-25(37-26)19(9-10-30-24)17-5-3-4-6-17/h7-10,15-17H,2-6,11-14H2,1H3,(H,31,32,33,34). The lowest BCUT2D eigenvalue weighted by molar-refractivity contribution is 0.271. The Morgan fingerprint density at radius 3 is 2.59 bits per heavy atom. The SMILES string of the molecule is CCN1CCN(c2ccc(Nc3ncc(F)c(-c4sc5c(C6CCCC6)ccnc5c4Cl)n3)nc2)CC1. The fourth-order valence-electron chi connectivity index (χ4n) is 5.36. The topological polar surface area (TPSA) is 70.1 Å². The number of piperazine rings is 1. The number of pyridine rings is 2. The molecule has 1 saturated carbocycles. The fraction of sp³-hybridized carbons (Fsp3) is 0.407. The number of hydrogen-bond acceptors (Lipinski definition) is 8. The predicted molar refractivity (Wildman–Crippen MR) is 149 cm³/mol. The normalized spacial score (nSPS) is 17.1. The molecule has 0 bridgehead atoms. The molecule has 0 unspecified atom stereocenters. The average molecular weight is 538 g/mol. The maximum absolute atomic E-state index is 15.0. The van der Waals surface area contributed by atoms with E-state index in [1.807, 2.05) is 18.3 Å².